The Bertz CT molecular complexity index is 426. The van der Waals surface area contributed by atoms with E-state index in [1.165, 1.54) is 4.70 Å². The largest absolute Gasteiger partial charge is 0.300 e. The van der Waals surface area contributed by atoms with Crippen LogP contribution in [0.3, 0.4) is 0 Å². The van der Waals surface area contributed by atoms with Gasteiger partial charge in [-0.2, -0.15) is 0 Å². The number of benzene rings is 1. The van der Waals surface area contributed by atoms with Gasteiger partial charge in [0.25, 0.3) is 0 Å². The molecule has 68 valence electrons. The van der Waals surface area contributed by atoms with E-state index in [9.17, 15) is 0 Å². The van der Waals surface area contributed by atoms with Gasteiger partial charge in [-0.05, 0) is 23.1 Å². The van der Waals surface area contributed by atoms with Gasteiger partial charge in [-0.15, -0.1) is 11.3 Å². The molecule has 1 aromatic heterocycles. The van der Waals surface area contributed by atoms with Gasteiger partial charge < -0.3 is 0 Å². The molecule has 2 rings (SSSR count). The van der Waals surface area contributed by atoms with Crippen molar-refractivity contribution in [3.63, 3.8) is 0 Å². The first-order valence-electron chi connectivity index (χ1n) is 3.79. The minimum Gasteiger partial charge on any atom is -0.300 e. The third kappa shape index (κ3) is 1.56. The maximum absolute atomic E-state index is 6.05. The van der Waals surface area contributed by atoms with E-state index in [-0.39, 0.29) is 0 Å². The molecule has 4 heteroatoms. The molecule has 0 atom stereocenters. The minimum absolute atomic E-state index is 0.406. The highest BCUT2D eigenvalue weighted by atomic mass is 35.5. The molecular formula is C9H8ClNOS. The summed E-state index contributed by atoms with van der Waals surface area (Å²) in [6, 6.07) is 5.84. The summed E-state index contributed by atoms with van der Waals surface area (Å²) >= 11 is 7.70. The van der Waals surface area contributed by atoms with Crippen LogP contribution in [-0.4, -0.2) is 0 Å². The smallest absolute Gasteiger partial charge is 0.0944 e. The van der Waals surface area contributed by atoms with Crippen LogP contribution in [0, 0.1) is 0 Å². The number of nitrogens with two attached hydrogens (primary N) is 1. The van der Waals surface area contributed by atoms with Gasteiger partial charge in [0, 0.05) is 15.1 Å². The molecule has 0 fully saturated rings. The first-order chi connectivity index (χ1) is 6.33. The fourth-order valence-corrected chi connectivity index (χ4v) is 2.63. The Morgan fingerprint density at radius 3 is 3.08 bits per heavy atom. The number of hydrogen-bond acceptors (Lipinski definition) is 3. The van der Waals surface area contributed by atoms with Crippen molar-refractivity contribution in [2.45, 2.75) is 6.61 Å². The topological polar surface area (TPSA) is 35.2 Å². The van der Waals surface area contributed by atoms with Crippen LogP contribution in [0.4, 0.5) is 0 Å². The maximum Gasteiger partial charge on any atom is 0.0944 e. The average molecular weight is 214 g/mol. The van der Waals surface area contributed by atoms with E-state index < -0.39 is 0 Å². The Morgan fingerprint density at radius 2 is 2.31 bits per heavy atom. The van der Waals surface area contributed by atoms with E-state index in [0.29, 0.717) is 6.61 Å². The maximum atomic E-state index is 6.05. The van der Waals surface area contributed by atoms with Crippen molar-refractivity contribution in [1.82, 2.24) is 0 Å². The number of halogens is 1. The molecule has 0 saturated heterocycles. The van der Waals surface area contributed by atoms with E-state index in [1.807, 2.05) is 23.6 Å². The highest BCUT2D eigenvalue weighted by Gasteiger charge is 2.06. The molecule has 0 bridgehead atoms. The van der Waals surface area contributed by atoms with Gasteiger partial charge in [-0.3, -0.25) is 4.84 Å². The summed E-state index contributed by atoms with van der Waals surface area (Å²) in [6.07, 6.45) is 0. The summed E-state index contributed by atoms with van der Waals surface area (Å²) in [6.45, 7) is 0.406. The van der Waals surface area contributed by atoms with Gasteiger partial charge in [0.05, 0.1) is 6.61 Å². The zero-order chi connectivity index (χ0) is 9.26. The summed E-state index contributed by atoms with van der Waals surface area (Å²) in [7, 11) is 0. The Labute approximate surface area is 84.8 Å². The fraction of sp³-hybridized carbons (Fsp3) is 0.111. The quantitative estimate of drug-likeness (QED) is 0.779. The van der Waals surface area contributed by atoms with Crippen molar-refractivity contribution in [3.05, 3.63) is 34.2 Å². The van der Waals surface area contributed by atoms with Crippen LogP contribution in [0.5, 0.6) is 0 Å². The van der Waals surface area contributed by atoms with Gasteiger partial charge in [-0.1, -0.05) is 17.7 Å². The van der Waals surface area contributed by atoms with E-state index in [2.05, 4.69) is 4.84 Å². The standard InChI is InChI=1S/C9H8ClNOS/c10-7-2-1-3-8-9(7)6(4-12-11)5-13-8/h1-3,5H,4,11H2. The highest BCUT2D eigenvalue weighted by molar-refractivity contribution is 7.17. The lowest BCUT2D eigenvalue weighted by Crippen LogP contribution is -1.97. The number of fused-ring (bicyclic) bond motifs is 1. The predicted molar refractivity (Wildman–Crippen MR) is 55.8 cm³/mol. The second-order valence-electron chi connectivity index (χ2n) is 2.68. The van der Waals surface area contributed by atoms with Crippen molar-refractivity contribution in [3.8, 4) is 0 Å². The Morgan fingerprint density at radius 1 is 1.46 bits per heavy atom. The van der Waals surface area contributed by atoms with Crippen LogP contribution in [0.2, 0.25) is 5.02 Å². The van der Waals surface area contributed by atoms with Crippen LogP contribution >= 0.6 is 22.9 Å². The fourth-order valence-electron chi connectivity index (χ4n) is 1.30. The molecule has 1 aromatic carbocycles. The molecule has 1 heterocycles. The summed E-state index contributed by atoms with van der Waals surface area (Å²) in [5.41, 5.74) is 1.05. The van der Waals surface area contributed by atoms with Crippen LogP contribution in [0.1, 0.15) is 5.56 Å². The molecular weight excluding hydrogens is 206 g/mol. The van der Waals surface area contributed by atoms with Gasteiger partial charge in [-0.25, -0.2) is 5.90 Å². The SMILES string of the molecule is NOCc1csc2cccc(Cl)c12. The summed E-state index contributed by atoms with van der Waals surface area (Å²) < 4.78 is 1.17. The van der Waals surface area contributed by atoms with Crippen LogP contribution in [-0.2, 0) is 11.4 Å². The third-order valence-electron chi connectivity index (χ3n) is 1.86. The van der Waals surface area contributed by atoms with E-state index in [4.69, 9.17) is 17.5 Å². The predicted octanol–water partition coefficient (Wildman–Crippen LogP) is 2.95. The van der Waals surface area contributed by atoms with Crippen molar-refractivity contribution in [1.29, 1.82) is 0 Å². The molecule has 13 heavy (non-hydrogen) atoms. The lowest BCUT2D eigenvalue weighted by molar-refractivity contribution is 0.125. The lowest BCUT2D eigenvalue weighted by atomic mass is 10.2. The normalized spacial score (nSPS) is 10.9. The zero-order valence-electron chi connectivity index (χ0n) is 6.79. The zero-order valence-corrected chi connectivity index (χ0v) is 8.36. The summed E-state index contributed by atoms with van der Waals surface area (Å²) in [5.74, 6) is 5.02. The van der Waals surface area contributed by atoms with Gasteiger partial charge >= 0.3 is 0 Å². The molecule has 2 aromatic rings. The Balaban J connectivity index is 2.64. The molecule has 0 aliphatic heterocycles. The van der Waals surface area contributed by atoms with Crippen molar-refractivity contribution < 1.29 is 4.84 Å². The second kappa shape index (κ2) is 3.64. The molecule has 0 unspecified atom stereocenters. The van der Waals surface area contributed by atoms with Gasteiger partial charge in [0.2, 0.25) is 0 Å². The Hall–Kier alpha value is -0.610. The number of thiophene rings is 1. The number of hydrogen-bond donors (Lipinski definition) is 1. The molecule has 0 saturated carbocycles. The first-order valence-corrected chi connectivity index (χ1v) is 5.05. The molecule has 0 spiro atoms. The lowest BCUT2D eigenvalue weighted by Gasteiger charge is -1.98. The van der Waals surface area contributed by atoms with E-state index >= 15 is 0 Å². The molecule has 0 amide bonds. The van der Waals surface area contributed by atoms with Gasteiger partial charge in [0.1, 0.15) is 0 Å². The summed E-state index contributed by atoms with van der Waals surface area (Å²) in [5, 5.41) is 3.83. The van der Waals surface area contributed by atoms with Crippen molar-refractivity contribution in [2.75, 3.05) is 0 Å². The van der Waals surface area contributed by atoms with Crippen molar-refractivity contribution >= 4 is 33.0 Å². The average Bonchev–Trinajstić information content (AvgIpc) is 2.51. The second-order valence-corrected chi connectivity index (χ2v) is 4.00. The molecule has 2 N–H and O–H groups in total. The number of rotatable bonds is 2. The van der Waals surface area contributed by atoms with Gasteiger partial charge in [0.15, 0.2) is 0 Å². The first kappa shape index (κ1) is 8.97. The minimum atomic E-state index is 0.406. The van der Waals surface area contributed by atoms with Crippen LogP contribution in [0.25, 0.3) is 10.1 Å². The molecule has 0 aliphatic rings. The monoisotopic (exact) mass is 213 g/mol. The molecule has 2 nitrogen and oxygen atoms in total. The van der Waals surface area contributed by atoms with E-state index in [1.54, 1.807) is 11.3 Å². The highest BCUT2D eigenvalue weighted by Crippen LogP contribution is 2.32. The third-order valence-corrected chi connectivity index (χ3v) is 3.17. The molecule has 0 radical (unpaired) electrons. The Kier molecular flexibility index (Phi) is 2.51. The van der Waals surface area contributed by atoms with Crippen molar-refractivity contribution in [2.24, 2.45) is 5.90 Å². The molecule has 0 aliphatic carbocycles. The summed E-state index contributed by atoms with van der Waals surface area (Å²) in [4.78, 5) is 4.60. The van der Waals surface area contributed by atoms with Crippen LogP contribution in [0.15, 0.2) is 23.6 Å². The van der Waals surface area contributed by atoms with E-state index in [0.717, 1.165) is 16.0 Å². The van der Waals surface area contributed by atoms with Crippen LogP contribution < -0.4 is 5.90 Å².